The van der Waals surface area contributed by atoms with E-state index in [1.165, 1.54) is 0 Å². The molecule has 0 spiro atoms. The zero-order valence-corrected chi connectivity index (χ0v) is 17.9. The topological polar surface area (TPSA) is 54.0 Å². The molecule has 1 aromatic rings. The third kappa shape index (κ3) is 8.87. The standard InChI is InChI=1S/C18H24IO5P/c1-4-21-17(20)13-15(9-12-18(22-5-2)23-6-3)14-7-10-16(11-8-14)24-25-19/h7-8,10-11,15,18,25H,4-6,13H2,1-3H3. The number of halogens is 1. The predicted octanol–water partition coefficient (Wildman–Crippen LogP) is 4.45. The van der Waals surface area contributed by atoms with Crippen molar-refractivity contribution in [2.24, 2.45) is 0 Å². The lowest BCUT2D eigenvalue weighted by Gasteiger charge is -2.13. The fourth-order valence-corrected chi connectivity index (χ4v) is 3.04. The van der Waals surface area contributed by atoms with Crippen molar-refractivity contribution < 1.29 is 23.5 Å². The maximum absolute atomic E-state index is 11.9. The Bertz CT molecular complexity index is 561. The molecule has 25 heavy (non-hydrogen) atoms. The van der Waals surface area contributed by atoms with Crippen LogP contribution >= 0.6 is 28.5 Å². The van der Waals surface area contributed by atoms with Gasteiger partial charge in [0.2, 0.25) is 6.29 Å². The highest BCUT2D eigenvalue weighted by molar-refractivity contribution is 14.2. The first-order valence-electron chi connectivity index (χ1n) is 8.16. The summed E-state index contributed by atoms with van der Waals surface area (Å²) >= 11 is 2.17. The van der Waals surface area contributed by atoms with Gasteiger partial charge in [0.1, 0.15) is 12.2 Å². The normalized spacial score (nSPS) is 12.0. The number of esters is 1. The minimum atomic E-state index is -0.595. The molecule has 2 atom stereocenters. The third-order valence-electron chi connectivity index (χ3n) is 3.13. The zero-order valence-electron chi connectivity index (χ0n) is 14.7. The van der Waals surface area contributed by atoms with E-state index in [2.05, 4.69) is 33.9 Å². The molecule has 0 fully saturated rings. The number of carbonyl (C=O) groups excluding carboxylic acids is 1. The van der Waals surface area contributed by atoms with Crippen molar-refractivity contribution >= 4 is 34.5 Å². The number of hydrogen-bond acceptors (Lipinski definition) is 5. The molecule has 0 saturated carbocycles. The maximum Gasteiger partial charge on any atom is 0.307 e. The molecule has 1 aromatic carbocycles. The summed E-state index contributed by atoms with van der Waals surface area (Å²) in [5.41, 5.74) is 0.927. The van der Waals surface area contributed by atoms with E-state index in [-0.39, 0.29) is 18.3 Å². The van der Waals surface area contributed by atoms with Gasteiger partial charge in [-0.05, 0) is 66.4 Å². The van der Waals surface area contributed by atoms with Gasteiger partial charge in [-0.3, -0.25) is 4.79 Å². The highest BCUT2D eigenvalue weighted by atomic mass is 127. The van der Waals surface area contributed by atoms with Gasteiger partial charge in [0.15, 0.2) is 0 Å². The monoisotopic (exact) mass is 478 g/mol. The van der Waals surface area contributed by atoms with Crippen molar-refractivity contribution in [3.05, 3.63) is 29.8 Å². The van der Waals surface area contributed by atoms with Crippen LogP contribution < -0.4 is 4.52 Å². The molecule has 2 unspecified atom stereocenters. The van der Waals surface area contributed by atoms with Crippen molar-refractivity contribution in [3.63, 3.8) is 0 Å². The quantitative estimate of drug-likeness (QED) is 0.164. The van der Waals surface area contributed by atoms with Crippen molar-refractivity contribution in [2.75, 3.05) is 19.8 Å². The Morgan fingerprint density at radius 2 is 1.72 bits per heavy atom. The van der Waals surface area contributed by atoms with E-state index < -0.39 is 6.29 Å². The van der Waals surface area contributed by atoms with Crippen molar-refractivity contribution in [3.8, 4) is 17.6 Å². The lowest BCUT2D eigenvalue weighted by molar-refractivity contribution is -0.143. The first kappa shape index (κ1) is 22.2. The highest BCUT2D eigenvalue weighted by Crippen LogP contribution is 2.28. The number of benzene rings is 1. The Hall–Kier alpha value is -0.870. The second-order valence-electron chi connectivity index (χ2n) is 4.84. The van der Waals surface area contributed by atoms with Gasteiger partial charge in [0.25, 0.3) is 0 Å². The van der Waals surface area contributed by atoms with Crippen molar-refractivity contribution in [1.82, 2.24) is 0 Å². The molecule has 0 amide bonds. The first-order valence-corrected chi connectivity index (χ1v) is 12.2. The van der Waals surface area contributed by atoms with Crippen LogP contribution in [0.25, 0.3) is 0 Å². The van der Waals surface area contributed by atoms with E-state index in [0.717, 1.165) is 11.3 Å². The minimum absolute atomic E-state index is 0.181. The summed E-state index contributed by atoms with van der Waals surface area (Å²) in [5.74, 6) is 6.30. The molecule has 0 saturated heterocycles. The van der Waals surface area contributed by atoms with Crippen molar-refractivity contribution in [1.29, 1.82) is 0 Å². The Kier molecular flexibility index (Phi) is 11.8. The van der Waals surface area contributed by atoms with Gasteiger partial charge < -0.3 is 18.7 Å². The van der Waals surface area contributed by atoms with Crippen LogP contribution in [0.5, 0.6) is 5.75 Å². The van der Waals surface area contributed by atoms with Crippen LogP contribution in [0.2, 0.25) is 0 Å². The molecule has 0 N–H and O–H groups in total. The number of ether oxygens (including phenoxy) is 3. The summed E-state index contributed by atoms with van der Waals surface area (Å²) in [7, 11) is 0. The summed E-state index contributed by atoms with van der Waals surface area (Å²) in [5, 5.41) is 0. The number of carbonyl (C=O) groups is 1. The largest absolute Gasteiger partial charge is 0.467 e. The number of rotatable bonds is 10. The summed E-state index contributed by atoms with van der Waals surface area (Å²) in [4.78, 5) is 11.9. The van der Waals surface area contributed by atoms with Crippen LogP contribution in [0.1, 0.15) is 38.7 Å². The lowest BCUT2D eigenvalue weighted by atomic mass is 9.96. The van der Waals surface area contributed by atoms with E-state index in [1.807, 2.05) is 38.1 Å². The summed E-state index contributed by atoms with van der Waals surface area (Å²) < 4.78 is 21.4. The third-order valence-corrected chi connectivity index (χ3v) is 4.10. The summed E-state index contributed by atoms with van der Waals surface area (Å²) in [6, 6.07) is 7.59. The molecular weight excluding hydrogens is 454 g/mol. The summed E-state index contributed by atoms with van der Waals surface area (Å²) in [6.45, 7) is 7.27. The predicted molar refractivity (Wildman–Crippen MR) is 108 cm³/mol. The molecule has 0 radical (unpaired) electrons. The molecule has 5 nitrogen and oxygen atoms in total. The van der Waals surface area contributed by atoms with Crippen LogP contribution in [0.4, 0.5) is 0 Å². The van der Waals surface area contributed by atoms with Gasteiger partial charge >= 0.3 is 5.97 Å². The van der Waals surface area contributed by atoms with Crippen LogP contribution in [0, 0.1) is 11.8 Å². The van der Waals surface area contributed by atoms with Crippen LogP contribution in [-0.4, -0.2) is 32.1 Å². The molecule has 0 bridgehead atoms. The van der Waals surface area contributed by atoms with Crippen LogP contribution in [-0.2, 0) is 19.0 Å². The Labute approximate surface area is 164 Å². The molecule has 0 aliphatic rings. The fraction of sp³-hybridized carbons (Fsp3) is 0.500. The van der Waals surface area contributed by atoms with Crippen LogP contribution in [0.15, 0.2) is 24.3 Å². The molecule has 1 rings (SSSR count). The molecule has 0 aliphatic carbocycles. The van der Waals surface area contributed by atoms with E-state index in [1.54, 1.807) is 6.92 Å². The van der Waals surface area contributed by atoms with Crippen LogP contribution in [0.3, 0.4) is 0 Å². The Morgan fingerprint density at radius 3 is 2.24 bits per heavy atom. The highest BCUT2D eigenvalue weighted by Gasteiger charge is 2.16. The lowest BCUT2D eigenvalue weighted by Crippen LogP contribution is -2.16. The van der Waals surface area contributed by atoms with Gasteiger partial charge in [-0.15, -0.1) is 0 Å². The van der Waals surface area contributed by atoms with Gasteiger partial charge in [-0.2, -0.15) is 0 Å². The molecule has 7 heteroatoms. The van der Waals surface area contributed by atoms with Gasteiger partial charge in [-0.25, -0.2) is 0 Å². The second-order valence-corrected chi connectivity index (χ2v) is 6.52. The van der Waals surface area contributed by atoms with Gasteiger partial charge in [-0.1, -0.05) is 18.1 Å². The van der Waals surface area contributed by atoms with Gasteiger partial charge in [0.05, 0.1) is 18.9 Å². The SMILES string of the molecule is CCOC(=O)CC(C#CC(OCC)OCC)c1ccc(OPI)cc1. The number of hydrogen-bond donors (Lipinski definition) is 0. The molecule has 0 heterocycles. The molecule has 138 valence electrons. The Balaban J connectivity index is 2.97. The average molecular weight is 478 g/mol. The fourth-order valence-electron chi connectivity index (χ4n) is 2.05. The van der Waals surface area contributed by atoms with E-state index >= 15 is 0 Å². The zero-order chi connectivity index (χ0) is 18.5. The second kappa shape index (κ2) is 13.3. The average Bonchev–Trinajstić information content (AvgIpc) is 2.60. The molecular formula is C18H24IO5P. The smallest absolute Gasteiger partial charge is 0.307 e. The Morgan fingerprint density at radius 1 is 1.08 bits per heavy atom. The summed E-state index contributed by atoms with van der Waals surface area (Å²) in [6.07, 6.45) is -0.414. The maximum atomic E-state index is 11.9. The molecule has 0 aliphatic heterocycles. The van der Waals surface area contributed by atoms with Gasteiger partial charge in [0, 0.05) is 13.2 Å². The first-order chi connectivity index (χ1) is 12.1. The van der Waals surface area contributed by atoms with E-state index in [9.17, 15) is 4.79 Å². The van der Waals surface area contributed by atoms with Crippen molar-refractivity contribution in [2.45, 2.75) is 39.4 Å². The van der Waals surface area contributed by atoms with E-state index in [0.29, 0.717) is 26.3 Å². The minimum Gasteiger partial charge on any atom is -0.467 e. The van der Waals surface area contributed by atoms with E-state index in [4.69, 9.17) is 18.7 Å². The molecule has 0 aromatic heterocycles.